The third-order valence-corrected chi connectivity index (χ3v) is 2.93. The SMILES string of the molecule is CCN(CC)C(=O)[C@@H]1Oc2ccccc2O[C@H]1O. The number of fused-ring (bicyclic) bond motifs is 1. The first kappa shape index (κ1) is 12.7. The number of hydrogen-bond acceptors (Lipinski definition) is 4. The number of ether oxygens (including phenoxy) is 2. The topological polar surface area (TPSA) is 59.0 Å². The van der Waals surface area contributed by atoms with E-state index in [0.29, 0.717) is 24.6 Å². The molecule has 1 amide bonds. The Bertz CT molecular complexity index is 431. The van der Waals surface area contributed by atoms with E-state index in [1.165, 1.54) is 0 Å². The summed E-state index contributed by atoms with van der Waals surface area (Å²) < 4.78 is 10.8. The minimum absolute atomic E-state index is 0.262. The highest BCUT2D eigenvalue weighted by molar-refractivity contribution is 5.82. The second-order valence-electron chi connectivity index (χ2n) is 4.00. The molecule has 1 aliphatic rings. The number of likely N-dealkylation sites (N-methyl/N-ethyl adjacent to an activating group) is 1. The van der Waals surface area contributed by atoms with E-state index < -0.39 is 12.4 Å². The van der Waals surface area contributed by atoms with Crippen LogP contribution < -0.4 is 9.47 Å². The van der Waals surface area contributed by atoms with Gasteiger partial charge in [0.15, 0.2) is 11.5 Å². The minimum atomic E-state index is -1.27. The molecule has 0 saturated carbocycles. The molecule has 98 valence electrons. The van der Waals surface area contributed by atoms with Crippen molar-refractivity contribution in [3.05, 3.63) is 24.3 Å². The summed E-state index contributed by atoms with van der Waals surface area (Å²) in [6.45, 7) is 4.91. The van der Waals surface area contributed by atoms with Gasteiger partial charge in [-0.1, -0.05) is 12.1 Å². The number of carbonyl (C=O) groups is 1. The van der Waals surface area contributed by atoms with Gasteiger partial charge in [0, 0.05) is 13.1 Å². The molecule has 2 atom stereocenters. The maximum atomic E-state index is 12.1. The van der Waals surface area contributed by atoms with Gasteiger partial charge in [-0.3, -0.25) is 4.79 Å². The van der Waals surface area contributed by atoms with Crippen molar-refractivity contribution in [1.82, 2.24) is 4.90 Å². The molecule has 0 aliphatic carbocycles. The van der Waals surface area contributed by atoms with Crippen molar-refractivity contribution in [2.75, 3.05) is 13.1 Å². The van der Waals surface area contributed by atoms with Gasteiger partial charge in [-0.15, -0.1) is 0 Å². The van der Waals surface area contributed by atoms with Gasteiger partial charge in [-0.25, -0.2) is 0 Å². The average molecular weight is 251 g/mol. The van der Waals surface area contributed by atoms with Crippen LogP contribution >= 0.6 is 0 Å². The van der Waals surface area contributed by atoms with E-state index in [9.17, 15) is 9.90 Å². The molecule has 0 fully saturated rings. The van der Waals surface area contributed by atoms with Crippen molar-refractivity contribution in [1.29, 1.82) is 0 Å². The van der Waals surface area contributed by atoms with Crippen LogP contribution in [0.5, 0.6) is 11.5 Å². The summed E-state index contributed by atoms with van der Waals surface area (Å²) in [5.41, 5.74) is 0. The van der Waals surface area contributed by atoms with Crippen molar-refractivity contribution >= 4 is 5.91 Å². The van der Waals surface area contributed by atoms with Crippen LogP contribution in [0.3, 0.4) is 0 Å². The summed E-state index contributed by atoms with van der Waals surface area (Å²) in [4.78, 5) is 13.7. The number of hydrogen-bond donors (Lipinski definition) is 1. The summed E-state index contributed by atoms with van der Waals surface area (Å²) in [5, 5.41) is 9.83. The number of carbonyl (C=O) groups excluding carboxylic acids is 1. The van der Waals surface area contributed by atoms with E-state index >= 15 is 0 Å². The van der Waals surface area contributed by atoms with E-state index in [0.717, 1.165) is 0 Å². The fourth-order valence-corrected chi connectivity index (χ4v) is 1.92. The number of rotatable bonds is 3. The molecule has 1 aliphatic heterocycles. The van der Waals surface area contributed by atoms with Gasteiger partial charge in [0.1, 0.15) is 0 Å². The van der Waals surface area contributed by atoms with Crippen LogP contribution in [0.25, 0.3) is 0 Å². The number of aliphatic hydroxyl groups is 1. The highest BCUT2D eigenvalue weighted by Gasteiger charge is 2.37. The molecule has 0 unspecified atom stereocenters. The largest absolute Gasteiger partial charge is 0.470 e. The Morgan fingerprint density at radius 1 is 1.22 bits per heavy atom. The summed E-state index contributed by atoms with van der Waals surface area (Å²) in [5.74, 6) is 0.670. The molecule has 1 heterocycles. The van der Waals surface area contributed by atoms with Crippen LogP contribution in [0.1, 0.15) is 13.8 Å². The first-order chi connectivity index (χ1) is 8.67. The number of benzene rings is 1. The Morgan fingerprint density at radius 3 is 2.33 bits per heavy atom. The standard InChI is InChI=1S/C13H17NO4/c1-3-14(4-2)12(15)11-13(16)18-10-8-6-5-7-9(10)17-11/h5-8,11,13,16H,3-4H2,1-2H3/t11-,13+/m0/s1. The van der Waals surface area contributed by atoms with E-state index in [1.807, 2.05) is 13.8 Å². The molecular weight excluding hydrogens is 234 g/mol. The zero-order valence-electron chi connectivity index (χ0n) is 10.5. The second-order valence-corrected chi connectivity index (χ2v) is 4.00. The minimum Gasteiger partial charge on any atom is -0.470 e. The zero-order chi connectivity index (χ0) is 13.1. The highest BCUT2D eigenvalue weighted by Crippen LogP contribution is 2.33. The molecular formula is C13H17NO4. The van der Waals surface area contributed by atoms with Crippen molar-refractivity contribution in [2.24, 2.45) is 0 Å². The molecule has 0 saturated heterocycles. The Kier molecular flexibility index (Phi) is 3.72. The molecule has 18 heavy (non-hydrogen) atoms. The zero-order valence-corrected chi connectivity index (χ0v) is 10.5. The van der Waals surface area contributed by atoms with Gasteiger partial charge in [-0.2, -0.15) is 0 Å². The molecule has 1 N–H and O–H groups in total. The van der Waals surface area contributed by atoms with E-state index in [-0.39, 0.29) is 5.91 Å². The maximum Gasteiger partial charge on any atom is 0.270 e. The lowest BCUT2D eigenvalue weighted by atomic mass is 10.2. The smallest absolute Gasteiger partial charge is 0.270 e. The molecule has 1 aromatic carbocycles. The summed E-state index contributed by atoms with van der Waals surface area (Å²) in [6, 6.07) is 6.97. The lowest BCUT2D eigenvalue weighted by Gasteiger charge is -2.32. The molecule has 0 spiro atoms. The van der Waals surface area contributed by atoms with Crippen molar-refractivity contribution in [2.45, 2.75) is 26.2 Å². The van der Waals surface area contributed by atoms with Gasteiger partial charge < -0.3 is 19.5 Å². The van der Waals surface area contributed by atoms with Gasteiger partial charge >= 0.3 is 0 Å². The molecule has 0 aromatic heterocycles. The third-order valence-electron chi connectivity index (χ3n) is 2.93. The third kappa shape index (κ3) is 2.26. The van der Waals surface area contributed by atoms with Crippen molar-refractivity contribution in [3.63, 3.8) is 0 Å². The van der Waals surface area contributed by atoms with E-state index in [4.69, 9.17) is 9.47 Å². The van der Waals surface area contributed by atoms with Crippen LogP contribution in [-0.4, -0.2) is 41.4 Å². The number of amides is 1. The van der Waals surface area contributed by atoms with Gasteiger partial charge in [0.25, 0.3) is 5.91 Å². The number of aliphatic hydroxyl groups excluding tert-OH is 1. The molecule has 0 radical (unpaired) electrons. The first-order valence-corrected chi connectivity index (χ1v) is 6.06. The van der Waals surface area contributed by atoms with E-state index in [2.05, 4.69) is 0 Å². The van der Waals surface area contributed by atoms with Gasteiger partial charge in [-0.05, 0) is 26.0 Å². The Balaban J connectivity index is 2.19. The van der Waals surface area contributed by atoms with Crippen molar-refractivity contribution in [3.8, 4) is 11.5 Å². The Labute approximate surface area is 106 Å². The monoisotopic (exact) mass is 251 g/mol. The predicted octanol–water partition coefficient (Wildman–Crippen LogP) is 1.01. The summed E-state index contributed by atoms with van der Waals surface area (Å²) in [6.07, 6.45) is -2.27. The summed E-state index contributed by atoms with van der Waals surface area (Å²) >= 11 is 0. The van der Waals surface area contributed by atoms with Gasteiger partial charge in [0.2, 0.25) is 12.4 Å². The predicted molar refractivity (Wildman–Crippen MR) is 65.4 cm³/mol. The first-order valence-electron chi connectivity index (χ1n) is 6.06. The van der Waals surface area contributed by atoms with Crippen LogP contribution in [0.2, 0.25) is 0 Å². The Morgan fingerprint density at radius 2 is 1.78 bits per heavy atom. The maximum absolute atomic E-state index is 12.1. The average Bonchev–Trinajstić information content (AvgIpc) is 2.39. The molecule has 5 nitrogen and oxygen atoms in total. The molecule has 1 aromatic rings. The van der Waals surface area contributed by atoms with Crippen LogP contribution in [0.15, 0.2) is 24.3 Å². The van der Waals surface area contributed by atoms with Crippen LogP contribution in [-0.2, 0) is 4.79 Å². The fourth-order valence-electron chi connectivity index (χ4n) is 1.92. The lowest BCUT2D eigenvalue weighted by Crippen LogP contribution is -2.51. The lowest BCUT2D eigenvalue weighted by molar-refractivity contribution is -0.162. The fraction of sp³-hybridized carbons (Fsp3) is 0.462. The number of para-hydroxylation sites is 2. The molecule has 2 rings (SSSR count). The normalized spacial score (nSPS) is 21.5. The van der Waals surface area contributed by atoms with Crippen LogP contribution in [0.4, 0.5) is 0 Å². The summed E-state index contributed by atoms with van der Waals surface area (Å²) in [7, 11) is 0. The highest BCUT2D eigenvalue weighted by atomic mass is 16.7. The molecule has 5 heteroatoms. The van der Waals surface area contributed by atoms with Crippen molar-refractivity contribution < 1.29 is 19.4 Å². The Hall–Kier alpha value is -1.75. The quantitative estimate of drug-likeness (QED) is 0.871. The second kappa shape index (κ2) is 5.27. The molecule has 0 bridgehead atoms. The van der Waals surface area contributed by atoms with Gasteiger partial charge in [0.05, 0.1) is 0 Å². The van der Waals surface area contributed by atoms with E-state index in [1.54, 1.807) is 29.2 Å². The number of nitrogens with zero attached hydrogens (tertiary/aromatic N) is 1. The van der Waals surface area contributed by atoms with Crippen LogP contribution in [0, 0.1) is 0 Å².